The highest BCUT2D eigenvalue weighted by Gasteiger charge is 2.63. The highest BCUT2D eigenvalue weighted by Crippen LogP contribution is 2.40. The maximum Gasteiger partial charge on any atom is 0.423 e. The average Bonchev–Trinajstić information content (AvgIpc) is 2.96. The third kappa shape index (κ3) is 13.6. The molecule has 0 aromatic rings. The topological polar surface area (TPSA) is 221 Å². The molecule has 0 radical (unpaired) electrons. The molecule has 0 unspecified atom stereocenters. The Hall–Kier alpha value is -4.29. The van der Waals surface area contributed by atoms with E-state index in [1.54, 1.807) is 0 Å². The molecule has 0 saturated carbocycles. The molecule has 0 aliphatic carbocycles. The van der Waals surface area contributed by atoms with Crippen molar-refractivity contribution in [1.29, 1.82) is 0 Å². The van der Waals surface area contributed by atoms with Crippen molar-refractivity contribution in [1.82, 2.24) is 0 Å². The quantitative estimate of drug-likeness (QED) is 0.145. The Balaban J connectivity index is 2.82. The van der Waals surface area contributed by atoms with Crippen molar-refractivity contribution < 1.29 is 112 Å². The second-order valence-corrected chi connectivity index (χ2v) is 11.3. The molecule has 0 amide bonds. The molecule has 2 heterocycles. The summed E-state index contributed by atoms with van der Waals surface area (Å²) in [6.07, 6.45) is -38.1. The molecular weight excluding hydrogens is 750 g/mol. The van der Waals surface area contributed by atoms with Crippen molar-refractivity contribution >= 4 is 41.8 Å². The lowest BCUT2D eigenvalue weighted by Gasteiger charge is -2.49. The molecular formula is C29H36F6O18. The Bertz CT molecular complexity index is 1340. The molecule has 0 aromatic carbocycles. The van der Waals surface area contributed by atoms with Crippen LogP contribution in [0.1, 0.15) is 48.5 Å². The molecule has 0 bridgehead atoms. The molecule has 0 N–H and O–H groups in total. The van der Waals surface area contributed by atoms with E-state index >= 15 is 0 Å². The van der Waals surface area contributed by atoms with Crippen LogP contribution in [0.5, 0.6) is 0 Å². The number of ether oxygens (including phenoxy) is 11. The van der Waals surface area contributed by atoms with Crippen LogP contribution in [0.25, 0.3) is 0 Å². The number of hydrogen-bond donors (Lipinski definition) is 0. The molecule has 2 fully saturated rings. The number of alkyl halides is 6. The van der Waals surface area contributed by atoms with Crippen LogP contribution >= 0.6 is 0 Å². The molecule has 2 rings (SSSR count). The van der Waals surface area contributed by atoms with Crippen molar-refractivity contribution in [3.63, 3.8) is 0 Å². The van der Waals surface area contributed by atoms with Gasteiger partial charge in [0, 0.05) is 48.5 Å². The first kappa shape index (κ1) is 44.9. The van der Waals surface area contributed by atoms with Gasteiger partial charge in [-0.1, -0.05) is 0 Å². The van der Waals surface area contributed by atoms with Gasteiger partial charge in [-0.25, -0.2) is 0 Å². The standard InChI is InChI=1S/C29H36F6O18/c1-10(36)43-8-17-19(45-12(3)38)21(46-13(4)39)23(48-15(6)41)25(50-17)52-20-18(9-44-11(2)37)51-26(53-27(28(30,31)32)29(33,34)35)24(49-16(7)42)22(20)47-14(5)40/h17-27H,8-9H2,1-7H3/t17-,18-,19-,20-,21+,22+,23-,24-,25-,26-/m1/s1. The van der Waals surface area contributed by atoms with Crippen LogP contribution in [-0.2, 0) is 85.7 Å². The fraction of sp³-hybridized carbons (Fsp3) is 0.759. The average molecular weight is 787 g/mol. The molecule has 302 valence electrons. The monoisotopic (exact) mass is 786 g/mol. The van der Waals surface area contributed by atoms with Gasteiger partial charge in [0.05, 0.1) is 0 Å². The van der Waals surface area contributed by atoms with E-state index in [-0.39, 0.29) is 0 Å². The third-order valence-electron chi connectivity index (χ3n) is 6.75. The second kappa shape index (κ2) is 18.6. The van der Waals surface area contributed by atoms with Crippen molar-refractivity contribution in [2.24, 2.45) is 0 Å². The van der Waals surface area contributed by atoms with E-state index in [1.807, 2.05) is 0 Å². The van der Waals surface area contributed by atoms with Gasteiger partial charge in [-0.05, 0) is 0 Å². The summed E-state index contributed by atoms with van der Waals surface area (Å²) in [6, 6.07) is 0. The summed E-state index contributed by atoms with van der Waals surface area (Å²) in [4.78, 5) is 84.5. The van der Waals surface area contributed by atoms with Crippen LogP contribution in [0.4, 0.5) is 26.3 Å². The normalized spacial score (nSPS) is 28.9. The van der Waals surface area contributed by atoms with Gasteiger partial charge < -0.3 is 52.1 Å². The summed E-state index contributed by atoms with van der Waals surface area (Å²) in [5.41, 5.74) is 0. The zero-order valence-corrected chi connectivity index (χ0v) is 28.9. The van der Waals surface area contributed by atoms with Gasteiger partial charge in [0.25, 0.3) is 6.10 Å². The second-order valence-electron chi connectivity index (χ2n) is 11.3. The minimum absolute atomic E-state index is 0.674. The van der Waals surface area contributed by atoms with Crippen LogP contribution in [0.15, 0.2) is 0 Å². The summed E-state index contributed by atoms with van der Waals surface area (Å²) >= 11 is 0. The van der Waals surface area contributed by atoms with Crippen molar-refractivity contribution in [2.45, 2.75) is 128 Å². The van der Waals surface area contributed by atoms with Crippen LogP contribution in [0, 0.1) is 0 Å². The van der Waals surface area contributed by atoms with Crippen LogP contribution in [0.2, 0.25) is 0 Å². The van der Waals surface area contributed by atoms with Crippen molar-refractivity contribution in [3.05, 3.63) is 0 Å². The Morgan fingerprint density at radius 1 is 0.472 bits per heavy atom. The minimum Gasteiger partial charge on any atom is -0.463 e. The predicted molar refractivity (Wildman–Crippen MR) is 150 cm³/mol. The Kier molecular flexibility index (Phi) is 15.8. The van der Waals surface area contributed by atoms with E-state index < -0.39 is 135 Å². The molecule has 53 heavy (non-hydrogen) atoms. The number of esters is 7. The fourth-order valence-electron chi connectivity index (χ4n) is 5.06. The molecule has 2 aliphatic heterocycles. The van der Waals surface area contributed by atoms with Gasteiger partial charge in [-0.15, -0.1) is 0 Å². The number of carbonyl (C=O) groups excluding carboxylic acids is 7. The summed E-state index contributed by atoms with van der Waals surface area (Å²) in [6.45, 7) is 4.05. The lowest BCUT2D eigenvalue weighted by atomic mass is 9.96. The van der Waals surface area contributed by atoms with Gasteiger partial charge in [0.2, 0.25) is 0 Å². The van der Waals surface area contributed by atoms with Gasteiger partial charge in [-0.2, -0.15) is 26.3 Å². The van der Waals surface area contributed by atoms with Gasteiger partial charge in [-0.3, -0.25) is 33.6 Å². The van der Waals surface area contributed by atoms with E-state index in [0.29, 0.717) is 6.92 Å². The first-order valence-corrected chi connectivity index (χ1v) is 15.2. The van der Waals surface area contributed by atoms with Gasteiger partial charge >= 0.3 is 54.1 Å². The van der Waals surface area contributed by atoms with E-state index in [9.17, 15) is 59.9 Å². The number of hydrogen-bond acceptors (Lipinski definition) is 18. The number of carbonyl (C=O) groups is 7. The van der Waals surface area contributed by atoms with E-state index in [2.05, 4.69) is 4.74 Å². The predicted octanol–water partition coefficient (Wildman–Crippen LogP) is 1.12. The van der Waals surface area contributed by atoms with E-state index in [4.69, 9.17) is 47.4 Å². The van der Waals surface area contributed by atoms with Gasteiger partial charge in [0.1, 0.15) is 31.5 Å². The molecule has 2 aliphatic rings. The van der Waals surface area contributed by atoms with Gasteiger partial charge in [0.15, 0.2) is 43.1 Å². The highest BCUT2D eigenvalue weighted by atomic mass is 19.4. The van der Waals surface area contributed by atoms with Crippen LogP contribution in [0.3, 0.4) is 0 Å². The molecule has 2 saturated heterocycles. The third-order valence-corrected chi connectivity index (χ3v) is 6.75. The maximum atomic E-state index is 13.6. The summed E-state index contributed by atoms with van der Waals surface area (Å²) in [5.74, 6) is -7.83. The number of halogens is 6. The largest absolute Gasteiger partial charge is 0.463 e. The minimum atomic E-state index is -6.13. The van der Waals surface area contributed by atoms with Crippen LogP contribution in [-0.4, -0.2) is 135 Å². The van der Waals surface area contributed by atoms with E-state index in [0.717, 1.165) is 41.5 Å². The summed E-state index contributed by atoms with van der Waals surface area (Å²) in [5, 5.41) is 0. The SMILES string of the molecule is CC(=O)OC[C@H]1O[C@H](O[C@H]2[C@H](OC(C)=O)[C@@H](OC(C)=O)[C@@H](OC(C(F)(F)F)C(F)(F)F)O[C@@H]2COC(C)=O)[C@H](OC(C)=O)[C@@H](OC(C)=O)[C@@H]1OC(C)=O. The highest BCUT2D eigenvalue weighted by molar-refractivity contribution is 5.69. The lowest BCUT2D eigenvalue weighted by molar-refractivity contribution is -0.397. The smallest absolute Gasteiger partial charge is 0.423 e. The molecule has 10 atom stereocenters. The molecule has 0 spiro atoms. The first-order chi connectivity index (χ1) is 24.3. The van der Waals surface area contributed by atoms with Crippen molar-refractivity contribution in [3.8, 4) is 0 Å². The molecule has 0 aromatic heterocycles. The Morgan fingerprint density at radius 3 is 1.17 bits per heavy atom. The molecule has 24 heteroatoms. The zero-order chi connectivity index (χ0) is 40.6. The van der Waals surface area contributed by atoms with Crippen molar-refractivity contribution in [2.75, 3.05) is 13.2 Å². The van der Waals surface area contributed by atoms with Crippen LogP contribution < -0.4 is 0 Å². The summed E-state index contributed by atoms with van der Waals surface area (Å²) in [7, 11) is 0. The first-order valence-electron chi connectivity index (χ1n) is 15.2. The number of rotatable bonds is 13. The maximum absolute atomic E-state index is 13.6. The molecule has 18 nitrogen and oxygen atoms in total. The summed E-state index contributed by atoms with van der Waals surface area (Å²) < 4.78 is 139. The Labute approximate surface area is 295 Å². The lowest BCUT2D eigenvalue weighted by Crippen LogP contribution is -2.68. The Morgan fingerprint density at radius 2 is 0.792 bits per heavy atom. The zero-order valence-electron chi connectivity index (χ0n) is 28.9. The fourth-order valence-corrected chi connectivity index (χ4v) is 5.06. The van der Waals surface area contributed by atoms with E-state index in [1.165, 1.54) is 0 Å².